The third kappa shape index (κ3) is 3.61. The quantitative estimate of drug-likeness (QED) is 0.939. The van der Waals surface area contributed by atoms with Gasteiger partial charge in [0.1, 0.15) is 5.82 Å². The molecule has 0 saturated carbocycles. The number of likely N-dealkylation sites (tertiary alicyclic amines) is 1. The molecule has 1 N–H and O–H groups in total. The molecule has 3 heterocycles. The first-order valence-electron chi connectivity index (χ1n) is 8.78. The van der Waals surface area contributed by atoms with Crippen LogP contribution in [0.5, 0.6) is 0 Å². The zero-order valence-electron chi connectivity index (χ0n) is 15.2. The van der Waals surface area contributed by atoms with Crippen LogP contribution in [0.25, 0.3) is 5.52 Å². The van der Waals surface area contributed by atoms with Gasteiger partial charge in [-0.05, 0) is 37.9 Å². The fourth-order valence-corrected chi connectivity index (χ4v) is 3.32. The monoisotopic (exact) mass is 328 g/mol. The van der Waals surface area contributed by atoms with E-state index < -0.39 is 0 Å². The second kappa shape index (κ2) is 6.55. The summed E-state index contributed by atoms with van der Waals surface area (Å²) in [4.78, 5) is 19.2. The van der Waals surface area contributed by atoms with Crippen molar-refractivity contribution in [2.24, 2.45) is 11.3 Å². The maximum atomic E-state index is 12.0. The SMILES string of the molecule is Cc1nc(CN2CC[C@@H](CNC(=O)C(C)(C)C)C2)c2ccccn12. The van der Waals surface area contributed by atoms with E-state index in [-0.39, 0.29) is 11.3 Å². The molecule has 1 saturated heterocycles. The number of nitrogens with one attached hydrogen (secondary N) is 1. The number of nitrogens with zero attached hydrogens (tertiary/aromatic N) is 3. The highest BCUT2D eigenvalue weighted by molar-refractivity contribution is 5.81. The van der Waals surface area contributed by atoms with Crippen LogP contribution in [0.3, 0.4) is 0 Å². The van der Waals surface area contributed by atoms with Crippen molar-refractivity contribution >= 4 is 11.4 Å². The number of amides is 1. The average Bonchev–Trinajstić information content (AvgIpc) is 3.10. The van der Waals surface area contributed by atoms with Crippen molar-refractivity contribution in [3.05, 3.63) is 35.9 Å². The van der Waals surface area contributed by atoms with Gasteiger partial charge in [-0.1, -0.05) is 26.8 Å². The number of fused-ring (bicyclic) bond motifs is 1. The second-order valence-corrected chi connectivity index (χ2v) is 7.91. The first-order chi connectivity index (χ1) is 11.3. The summed E-state index contributed by atoms with van der Waals surface area (Å²) in [6, 6.07) is 6.23. The highest BCUT2D eigenvalue weighted by Gasteiger charge is 2.26. The summed E-state index contributed by atoms with van der Waals surface area (Å²) in [7, 11) is 0. The fraction of sp³-hybridized carbons (Fsp3) is 0.579. The van der Waals surface area contributed by atoms with E-state index in [9.17, 15) is 4.79 Å². The van der Waals surface area contributed by atoms with Gasteiger partial charge in [0.25, 0.3) is 0 Å². The van der Waals surface area contributed by atoms with Gasteiger partial charge < -0.3 is 9.72 Å². The number of carbonyl (C=O) groups excluding carboxylic acids is 1. The number of imidazole rings is 1. The van der Waals surface area contributed by atoms with Crippen LogP contribution >= 0.6 is 0 Å². The summed E-state index contributed by atoms with van der Waals surface area (Å²) < 4.78 is 2.15. The first-order valence-corrected chi connectivity index (χ1v) is 8.78. The van der Waals surface area contributed by atoms with Crippen molar-refractivity contribution in [1.29, 1.82) is 0 Å². The Labute approximate surface area is 144 Å². The summed E-state index contributed by atoms with van der Waals surface area (Å²) in [5.74, 6) is 1.71. The van der Waals surface area contributed by atoms with E-state index in [4.69, 9.17) is 4.98 Å². The van der Waals surface area contributed by atoms with Crippen LogP contribution in [0.4, 0.5) is 0 Å². The average molecular weight is 328 g/mol. The number of hydrogen-bond acceptors (Lipinski definition) is 3. The second-order valence-electron chi connectivity index (χ2n) is 7.91. The van der Waals surface area contributed by atoms with Crippen LogP contribution in [0, 0.1) is 18.3 Å². The van der Waals surface area contributed by atoms with E-state index in [0.29, 0.717) is 5.92 Å². The van der Waals surface area contributed by atoms with Gasteiger partial charge in [-0.3, -0.25) is 9.69 Å². The molecule has 5 nitrogen and oxygen atoms in total. The smallest absolute Gasteiger partial charge is 0.225 e. The van der Waals surface area contributed by atoms with Crippen LogP contribution in [-0.4, -0.2) is 39.8 Å². The van der Waals surface area contributed by atoms with E-state index in [1.165, 1.54) is 5.52 Å². The lowest BCUT2D eigenvalue weighted by atomic mass is 9.95. The molecular formula is C19H28N4O. The van der Waals surface area contributed by atoms with E-state index in [1.54, 1.807) is 0 Å². The van der Waals surface area contributed by atoms with Gasteiger partial charge in [-0.2, -0.15) is 0 Å². The molecule has 1 atom stereocenters. The lowest BCUT2D eigenvalue weighted by Gasteiger charge is -2.20. The topological polar surface area (TPSA) is 49.6 Å². The molecule has 0 spiro atoms. The maximum absolute atomic E-state index is 12.0. The Morgan fingerprint density at radius 1 is 1.38 bits per heavy atom. The van der Waals surface area contributed by atoms with Gasteiger partial charge in [0.05, 0.1) is 11.2 Å². The molecular weight excluding hydrogens is 300 g/mol. The lowest BCUT2D eigenvalue weighted by Crippen LogP contribution is -2.38. The molecule has 0 aliphatic carbocycles. The Hall–Kier alpha value is -1.88. The molecule has 5 heteroatoms. The summed E-state index contributed by atoms with van der Waals surface area (Å²) in [5, 5.41) is 3.10. The highest BCUT2D eigenvalue weighted by Crippen LogP contribution is 2.21. The molecule has 1 amide bonds. The predicted octanol–water partition coefficient (Wildman–Crippen LogP) is 2.63. The normalized spacial score (nSPS) is 19.1. The first kappa shape index (κ1) is 17.0. The number of aryl methyl sites for hydroxylation is 1. The van der Waals surface area contributed by atoms with Crippen molar-refractivity contribution in [2.45, 2.75) is 40.7 Å². The Morgan fingerprint density at radius 3 is 2.92 bits per heavy atom. The molecule has 1 aliphatic heterocycles. The van der Waals surface area contributed by atoms with E-state index in [2.05, 4.69) is 32.9 Å². The predicted molar refractivity (Wildman–Crippen MR) is 95.8 cm³/mol. The van der Waals surface area contributed by atoms with Gasteiger partial charge in [-0.15, -0.1) is 0 Å². The molecule has 1 fully saturated rings. The summed E-state index contributed by atoms with van der Waals surface area (Å²) in [5.41, 5.74) is 2.03. The van der Waals surface area contributed by atoms with E-state index in [1.807, 2.05) is 33.8 Å². The number of aromatic nitrogens is 2. The molecule has 1 aliphatic rings. The molecule has 0 aromatic carbocycles. The zero-order chi connectivity index (χ0) is 17.3. The third-order valence-electron chi connectivity index (χ3n) is 4.78. The van der Waals surface area contributed by atoms with Crippen molar-refractivity contribution in [3.8, 4) is 0 Å². The number of pyridine rings is 1. The standard InChI is InChI=1S/C19H28N4O/c1-14-21-16(17-7-5-6-9-23(14)17)13-22-10-8-15(12-22)11-20-18(24)19(2,3)4/h5-7,9,15H,8,10-13H2,1-4H3,(H,20,24)/t15-/m0/s1. The minimum Gasteiger partial charge on any atom is -0.355 e. The van der Waals surface area contributed by atoms with Gasteiger partial charge in [0, 0.05) is 31.2 Å². The van der Waals surface area contributed by atoms with Crippen LogP contribution in [0.15, 0.2) is 24.4 Å². The molecule has 130 valence electrons. The van der Waals surface area contributed by atoms with Crippen LogP contribution < -0.4 is 5.32 Å². The summed E-state index contributed by atoms with van der Waals surface area (Å²) >= 11 is 0. The van der Waals surface area contributed by atoms with Crippen LogP contribution in [0.1, 0.15) is 38.7 Å². The van der Waals surface area contributed by atoms with Crippen molar-refractivity contribution in [3.63, 3.8) is 0 Å². The minimum atomic E-state index is -0.314. The number of hydrogen-bond donors (Lipinski definition) is 1. The van der Waals surface area contributed by atoms with Crippen molar-refractivity contribution in [1.82, 2.24) is 19.6 Å². The molecule has 2 aromatic heterocycles. The van der Waals surface area contributed by atoms with E-state index >= 15 is 0 Å². The molecule has 3 rings (SSSR count). The maximum Gasteiger partial charge on any atom is 0.225 e. The van der Waals surface area contributed by atoms with Gasteiger partial charge in [-0.25, -0.2) is 4.98 Å². The Kier molecular flexibility index (Phi) is 4.63. The Balaban J connectivity index is 1.57. The molecule has 0 bridgehead atoms. The number of carbonyl (C=O) groups is 1. The minimum absolute atomic E-state index is 0.136. The Bertz CT molecular complexity index is 729. The fourth-order valence-electron chi connectivity index (χ4n) is 3.32. The van der Waals surface area contributed by atoms with Crippen LogP contribution in [-0.2, 0) is 11.3 Å². The lowest BCUT2D eigenvalue weighted by molar-refractivity contribution is -0.128. The van der Waals surface area contributed by atoms with Gasteiger partial charge in [0.2, 0.25) is 5.91 Å². The van der Waals surface area contributed by atoms with Crippen LogP contribution in [0.2, 0.25) is 0 Å². The molecule has 0 radical (unpaired) electrons. The number of rotatable bonds is 4. The summed E-state index contributed by atoms with van der Waals surface area (Å²) in [6.45, 7) is 11.7. The zero-order valence-corrected chi connectivity index (χ0v) is 15.2. The van der Waals surface area contributed by atoms with Crippen molar-refractivity contribution in [2.75, 3.05) is 19.6 Å². The van der Waals surface area contributed by atoms with Crippen molar-refractivity contribution < 1.29 is 4.79 Å². The third-order valence-corrected chi connectivity index (χ3v) is 4.78. The van der Waals surface area contributed by atoms with Gasteiger partial charge in [0.15, 0.2) is 0 Å². The highest BCUT2D eigenvalue weighted by atomic mass is 16.2. The molecule has 24 heavy (non-hydrogen) atoms. The Morgan fingerprint density at radius 2 is 2.17 bits per heavy atom. The summed E-state index contributed by atoms with van der Waals surface area (Å²) in [6.07, 6.45) is 3.20. The van der Waals surface area contributed by atoms with E-state index in [0.717, 1.165) is 44.1 Å². The largest absolute Gasteiger partial charge is 0.355 e. The molecule has 2 aromatic rings. The van der Waals surface area contributed by atoms with Gasteiger partial charge >= 0.3 is 0 Å². The molecule has 0 unspecified atom stereocenters.